The molecule has 1 aliphatic heterocycles. The summed E-state index contributed by atoms with van der Waals surface area (Å²) in [6, 6.07) is 8.49. The van der Waals surface area contributed by atoms with Crippen LogP contribution in [-0.2, 0) is 6.42 Å². The molecule has 3 heterocycles. The quantitative estimate of drug-likeness (QED) is 0.667. The summed E-state index contributed by atoms with van der Waals surface area (Å²) in [6.45, 7) is 0.991. The minimum atomic E-state index is 0.603. The van der Waals surface area contributed by atoms with Crippen LogP contribution < -0.4 is 5.43 Å². The highest BCUT2D eigenvalue weighted by atomic mass is 15.3. The van der Waals surface area contributed by atoms with Gasteiger partial charge in [0.15, 0.2) is 0 Å². The number of benzene rings is 1. The van der Waals surface area contributed by atoms with Crippen molar-refractivity contribution in [3.05, 3.63) is 41.7 Å². The SMILES string of the molecule is c1cnc2ccc3c4c([nH]c3c2c1)CCC1CCCNN=C41. The van der Waals surface area contributed by atoms with Crippen LogP contribution in [0.15, 0.2) is 35.6 Å². The van der Waals surface area contributed by atoms with E-state index in [1.807, 2.05) is 12.3 Å². The van der Waals surface area contributed by atoms with Gasteiger partial charge in [-0.3, -0.25) is 4.98 Å². The number of rotatable bonds is 0. The average Bonchev–Trinajstić information content (AvgIpc) is 2.78. The monoisotopic (exact) mass is 290 g/mol. The number of hydrogen-bond acceptors (Lipinski definition) is 3. The number of aryl methyl sites for hydroxylation is 1. The van der Waals surface area contributed by atoms with Crippen LogP contribution in [0.25, 0.3) is 21.8 Å². The van der Waals surface area contributed by atoms with Gasteiger partial charge in [0, 0.05) is 40.7 Å². The van der Waals surface area contributed by atoms with Crippen molar-refractivity contribution in [1.82, 2.24) is 15.4 Å². The van der Waals surface area contributed by atoms with Crippen LogP contribution in [0.5, 0.6) is 0 Å². The Morgan fingerprint density at radius 1 is 1.09 bits per heavy atom. The van der Waals surface area contributed by atoms with Crippen LogP contribution in [0.3, 0.4) is 0 Å². The van der Waals surface area contributed by atoms with Crippen molar-refractivity contribution in [2.45, 2.75) is 25.7 Å². The summed E-state index contributed by atoms with van der Waals surface area (Å²) in [6.07, 6.45) is 6.63. The van der Waals surface area contributed by atoms with Crippen LogP contribution in [-0.4, -0.2) is 22.2 Å². The zero-order chi connectivity index (χ0) is 14.5. The zero-order valence-electron chi connectivity index (χ0n) is 12.4. The minimum Gasteiger partial charge on any atom is -0.357 e. The molecule has 0 bridgehead atoms. The van der Waals surface area contributed by atoms with Crippen molar-refractivity contribution in [3.63, 3.8) is 0 Å². The Kier molecular flexibility index (Phi) is 2.53. The molecule has 0 radical (unpaired) electrons. The second-order valence-corrected chi connectivity index (χ2v) is 6.32. The lowest BCUT2D eigenvalue weighted by Crippen LogP contribution is -2.23. The molecule has 3 aromatic rings. The standard InChI is InChI=1S/C18H18N4/c1-3-11-5-7-15-16(17(11)22-20-10-1)13-6-8-14-12(18(13)21-15)4-2-9-19-14/h2,4,6,8-9,11,20-21H,1,3,5,7,10H2. The fourth-order valence-electron chi connectivity index (χ4n) is 4.01. The molecule has 0 saturated carbocycles. The number of aromatic nitrogens is 2. The van der Waals surface area contributed by atoms with Crippen LogP contribution in [0.4, 0.5) is 0 Å². The van der Waals surface area contributed by atoms with E-state index in [9.17, 15) is 0 Å². The van der Waals surface area contributed by atoms with E-state index >= 15 is 0 Å². The van der Waals surface area contributed by atoms with Crippen LogP contribution >= 0.6 is 0 Å². The second-order valence-electron chi connectivity index (χ2n) is 6.32. The van der Waals surface area contributed by atoms with E-state index in [0.29, 0.717) is 5.92 Å². The third-order valence-corrected chi connectivity index (χ3v) is 5.06. The van der Waals surface area contributed by atoms with Gasteiger partial charge in [-0.25, -0.2) is 0 Å². The highest BCUT2D eigenvalue weighted by Crippen LogP contribution is 2.36. The zero-order valence-corrected chi connectivity index (χ0v) is 12.4. The molecule has 0 saturated heterocycles. The summed E-state index contributed by atoms with van der Waals surface area (Å²) in [7, 11) is 0. The number of aromatic amines is 1. The first-order chi connectivity index (χ1) is 10.9. The Balaban J connectivity index is 1.83. The molecule has 2 N–H and O–H groups in total. The summed E-state index contributed by atoms with van der Waals surface area (Å²) in [5.41, 5.74) is 9.43. The number of fused-ring (bicyclic) bond motifs is 7. The lowest BCUT2D eigenvalue weighted by atomic mass is 9.82. The molecule has 2 aromatic heterocycles. The Morgan fingerprint density at radius 3 is 3.09 bits per heavy atom. The number of hydrazone groups is 1. The molecule has 22 heavy (non-hydrogen) atoms. The minimum absolute atomic E-state index is 0.603. The molecule has 0 spiro atoms. The van der Waals surface area contributed by atoms with Gasteiger partial charge in [0.05, 0.1) is 16.7 Å². The van der Waals surface area contributed by atoms with Crippen molar-refractivity contribution in [2.75, 3.05) is 6.54 Å². The normalized spacial score (nSPS) is 20.9. The van der Waals surface area contributed by atoms with Gasteiger partial charge in [-0.1, -0.05) is 0 Å². The molecule has 1 aliphatic carbocycles. The van der Waals surface area contributed by atoms with Gasteiger partial charge in [-0.2, -0.15) is 5.10 Å². The number of hydrogen-bond donors (Lipinski definition) is 2. The summed E-state index contributed by atoms with van der Waals surface area (Å²) >= 11 is 0. The third-order valence-electron chi connectivity index (χ3n) is 5.06. The van der Waals surface area contributed by atoms with Crippen molar-refractivity contribution >= 4 is 27.5 Å². The highest BCUT2D eigenvalue weighted by Gasteiger charge is 2.30. The largest absolute Gasteiger partial charge is 0.357 e. The fourth-order valence-corrected chi connectivity index (χ4v) is 4.01. The topological polar surface area (TPSA) is 53.1 Å². The lowest BCUT2D eigenvalue weighted by Gasteiger charge is -2.22. The molecular formula is C18H18N4. The van der Waals surface area contributed by atoms with Crippen molar-refractivity contribution in [3.8, 4) is 0 Å². The predicted molar refractivity (Wildman–Crippen MR) is 89.2 cm³/mol. The Labute approximate surface area is 128 Å². The Morgan fingerprint density at radius 2 is 2.09 bits per heavy atom. The molecule has 1 atom stereocenters. The van der Waals surface area contributed by atoms with E-state index in [-0.39, 0.29) is 0 Å². The molecule has 4 nitrogen and oxygen atoms in total. The van der Waals surface area contributed by atoms with E-state index < -0.39 is 0 Å². The number of H-pyrrole nitrogens is 1. The molecule has 1 unspecified atom stereocenters. The molecule has 0 amide bonds. The Hall–Kier alpha value is -2.36. The predicted octanol–water partition coefficient (Wildman–Crippen LogP) is 3.37. The first-order valence-corrected chi connectivity index (χ1v) is 8.11. The maximum atomic E-state index is 4.72. The van der Waals surface area contributed by atoms with E-state index in [1.165, 1.54) is 52.5 Å². The lowest BCUT2D eigenvalue weighted by molar-refractivity contribution is 0.547. The van der Waals surface area contributed by atoms with E-state index in [0.717, 1.165) is 18.5 Å². The van der Waals surface area contributed by atoms with E-state index in [1.54, 1.807) is 0 Å². The number of pyridine rings is 1. The van der Waals surface area contributed by atoms with E-state index in [2.05, 4.69) is 33.6 Å². The maximum absolute atomic E-state index is 4.72. The summed E-state index contributed by atoms with van der Waals surface area (Å²) in [5.74, 6) is 0.603. The molecule has 1 aromatic carbocycles. The van der Waals surface area contributed by atoms with Gasteiger partial charge in [0.2, 0.25) is 0 Å². The molecule has 4 heteroatoms. The van der Waals surface area contributed by atoms with Crippen LogP contribution in [0.2, 0.25) is 0 Å². The molecule has 5 rings (SSSR count). The van der Waals surface area contributed by atoms with Crippen LogP contribution in [0, 0.1) is 5.92 Å². The van der Waals surface area contributed by atoms with Crippen LogP contribution in [0.1, 0.15) is 30.5 Å². The summed E-state index contributed by atoms with van der Waals surface area (Å²) in [5, 5.41) is 7.22. The van der Waals surface area contributed by atoms with Gasteiger partial charge in [0.1, 0.15) is 0 Å². The van der Waals surface area contributed by atoms with Gasteiger partial charge in [0.25, 0.3) is 0 Å². The van der Waals surface area contributed by atoms with Crippen molar-refractivity contribution in [1.29, 1.82) is 0 Å². The van der Waals surface area contributed by atoms with Crippen molar-refractivity contribution < 1.29 is 0 Å². The smallest absolute Gasteiger partial charge is 0.0730 e. The third kappa shape index (κ3) is 1.64. The Bertz CT molecular complexity index is 906. The number of nitrogens with zero attached hydrogens (tertiary/aromatic N) is 2. The first kappa shape index (κ1) is 12.2. The average molecular weight is 290 g/mol. The highest BCUT2D eigenvalue weighted by molar-refractivity contribution is 6.18. The van der Waals surface area contributed by atoms with E-state index in [4.69, 9.17) is 5.10 Å². The second kappa shape index (κ2) is 4.57. The molecule has 2 aliphatic rings. The molecule has 110 valence electrons. The van der Waals surface area contributed by atoms with Gasteiger partial charge in [-0.15, -0.1) is 0 Å². The molecular weight excluding hydrogens is 272 g/mol. The maximum Gasteiger partial charge on any atom is 0.0730 e. The van der Waals surface area contributed by atoms with Crippen molar-refractivity contribution in [2.24, 2.45) is 11.0 Å². The van der Waals surface area contributed by atoms with Gasteiger partial charge < -0.3 is 10.4 Å². The fraction of sp³-hybridized carbons (Fsp3) is 0.333. The number of nitrogens with one attached hydrogen (secondary N) is 2. The van der Waals surface area contributed by atoms with Gasteiger partial charge in [-0.05, 0) is 49.9 Å². The van der Waals surface area contributed by atoms with Gasteiger partial charge >= 0.3 is 0 Å². The summed E-state index contributed by atoms with van der Waals surface area (Å²) < 4.78 is 0. The molecule has 0 fully saturated rings. The summed E-state index contributed by atoms with van der Waals surface area (Å²) in [4.78, 5) is 8.14. The first-order valence-electron chi connectivity index (χ1n) is 8.11.